The summed E-state index contributed by atoms with van der Waals surface area (Å²) in [5, 5.41) is 18.0. The first-order chi connectivity index (χ1) is 19.0. The number of hydrogen-bond acceptors (Lipinski definition) is 8. The van der Waals surface area contributed by atoms with Crippen molar-refractivity contribution in [1.82, 2.24) is 20.1 Å². The lowest BCUT2D eigenvalue weighted by molar-refractivity contribution is 0.300. The first-order valence-electron chi connectivity index (χ1n) is 13.7. The molecule has 0 aliphatic carbocycles. The molecule has 0 spiro atoms. The summed E-state index contributed by atoms with van der Waals surface area (Å²) in [4.78, 5) is 21.0. The second-order valence-corrected chi connectivity index (χ2v) is 13.6. The zero-order chi connectivity index (χ0) is 28.2. The molecule has 0 unspecified atom stereocenters. The number of benzene rings is 1. The van der Waals surface area contributed by atoms with Crippen LogP contribution in [0.25, 0.3) is 21.3 Å². The van der Waals surface area contributed by atoms with Gasteiger partial charge in [-0.1, -0.05) is 20.8 Å². The highest BCUT2D eigenvalue weighted by Gasteiger charge is 2.37. The van der Waals surface area contributed by atoms with E-state index in [1.54, 1.807) is 23.6 Å². The summed E-state index contributed by atoms with van der Waals surface area (Å²) in [6.45, 7) is 13.3. The molecule has 1 atom stereocenters. The van der Waals surface area contributed by atoms with Crippen molar-refractivity contribution in [3.05, 3.63) is 69.1 Å². The molecule has 6 rings (SSSR count). The summed E-state index contributed by atoms with van der Waals surface area (Å²) >= 11 is 1.61. The molecule has 3 aromatic heterocycles. The molecule has 1 N–H and O–H groups in total. The second kappa shape index (κ2) is 9.72. The zero-order valence-electron chi connectivity index (χ0n) is 23.6. The Labute approximate surface area is 238 Å². The molecule has 8 nitrogen and oxygen atoms in total. The topological polar surface area (TPSA) is 96.1 Å². The standard InChI is InChI=1S/C31H34N6O2S/c1-30(2,3)20-12-27(38)37(35-16-20)18-22-13-25-29(40-22)23(6-7-33-25)24-10-19(15-32)11-26-28(24)36(8-9-39-26)21-14-31(4,5)34-17-21/h6-7,10-13,16,21,34H,8-9,14,17-18H2,1-5H3/t21-/m0/s1. The Bertz CT molecular complexity index is 1710. The average Bonchev–Trinajstić information content (AvgIpc) is 3.50. The van der Waals surface area contributed by atoms with Crippen LogP contribution in [-0.4, -0.2) is 46.0 Å². The molecule has 4 aromatic rings. The van der Waals surface area contributed by atoms with E-state index in [0.717, 1.165) is 62.7 Å². The van der Waals surface area contributed by atoms with Crippen LogP contribution in [0.1, 0.15) is 57.0 Å². The van der Waals surface area contributed by atoms with Crippen LogP contribution in [0.5, 0.6) is 5.75 Å². The summed E-state index contributed by atoms with van der Waals surface area (Å²) in [5.41, 5.74) is 5.19. The Balaban J connectivity index is 1.43. The minimum absolute atomic E-state index is 0.0691. The quantitative estimate of drug-likeness (QED) is 0.376. The predicted octanol–water partition coefficient (Wildman–Crippen LogP) is 5.08. The summed E-state index contributed by atoms with van der Waals surface area (Å²) < 4.78 is 8.66. The molecular weight excluding hydrogens is 520 g/mol. The third-order valence-electron chi connectivity index (χ3n) is 7.88. The molecule has 5 heterocycles. The Hall–Kier alpha value is -3.74. The van der Waals surface area contributed by atoms with Crippen molar-refractivity contribution in [3.63, 3.8) is 0 Å². The molecule has 1 aromatic carbocycles. The van der Waals surface area contributed by atoms with Crippen molar-refractivity contribution in [2.75, 3.05) is 24.6 Å². The van der Waals surface area contributed by atoms with E-state index in [-0.39, 0.29) is 16.5 Å². The number of thiophene rings is 1. The van der Waals surface area contributed by atoms with E-state index in [1.807, 2.05) is 30.5 Å². The van der Waals surface area contributed by atoms with Gasteiger partial charge in [-0.2, -0.15) is 10.4 Å². The first kappa shape index (κ1) is 26.5. The van der Waals surface area contributed by atoms with E-state index >= 15 is 0 Å². The van der Waals surface area contributed by atoms with E-state index in [2.05, 4.69) is 61.0 Å². The minimum atomic E-state index is -0.138. The molecule has 206 valence electrons. The number of rotatable bonds is 4. The molecule has 2 aliphatic heterocycles. The number of nitrogens with one attached hydrogen (secondary N) is 1. The molecule has 40 heavy (non-hydrogen) atoms. The maximum atomic E-state index is 12.9. The van der Waals surface area contributed by atoms with Gasteiger partial charge in [0.15, 0.2) is 0 Å². The second-order valence-electron chi connectivity index (χ2n) is 12.4. The van der Waals surface area contributed by atoms with E-state index in [4.69, 9.17) is 4.74 Å². The normalized spacial score (nSPS) is 18.4. The highest BCUT2D eigenvalue weighted by molar-refractivity contribution is 7.19. The number of hydrogen-bond donors (Lipinski definition) is 1. The van der Waals surface area contributed by atoms with Gasteiger partial charge in [0.2, 0.25) is 0 Å². The molecule has 0 radical (unpaired) electrons. The van der Waals surface area contributed by atoms with Crippen LogP contribution >= 0.6 is 11.3 Å². The van der Waals surface area contributed by atoms with Crippen molar-refractivity contribution in [1.29, 1.82) is 5.26 Å². The van der Waals surface area contributed by atoms with Crippen LogP contribution in [0.4, 0.5) is 5.69 Å². The van der Waals surface area contributed by atoms with Crippen molar-refractivity contribution < 1.29 is 4.74 Å². The number of fused-ring (bicyclic) bond motifs is 2. The van der Waals surface area contributed by atoms with Crippen LogP contribution in [-0.2, 0) is 12.0 Å². The van der Waals surface area contributed by atoms with Gasteiger partial charge in [0, 0.05) is 52.5 Å². The van der Waals surface area contributed by atoms with E-state index < -0.39 is 0 Å². The molecule has 0 saturated carbocycles. The SMILES string of the molecule is CC1(C)C[C@H](N2CCOc3cc(C#N)cc(-c4ccnc5cc(Cn6ncc(C(C)(C)C)cc6=O)sc45)c32)CN1. The third-order valence-corrected chi connectivity index (χ3v) is 9.02. The van der Waals surface area contributed by atoms with Gasteiger partial charge in [0.25, 0.3) is 5.56 Å². The summed E-state index contributed by atoms with van der Waals surface area (Å²) in [5.74, 6) is 0.751. The number of nitrogens with zero attached hydrogens (tertiary/aromatic N) is 5. The fraction of sp³-hybridized carbons (Fsp3) is 0.419. The maximum Gasteiger partial charge on any atom is 0.267 e. The lowest BCUT2D eigenvalue weighted by Gasteiger charge is -2.37. The fourth-order valence-electron chi connectivity index (χ4n) is 5.75. The molecule has 0 bridgehead atoms. The summed E-state index contributed by atoms with van der Waals surface area (Å²) in [6.07, 6.45) is 4.62. The highest BCUT2D eigenvalue weighted by Crippen LogP contribution is 2.46. The minimum Gasteiger partial charge on any atom is -0.489 e. The Morgan fingerprint density at radius 1 is 1.23 bits per heavy atom. The van der Waals surface area contributed by atoms with Crippen molar-refractivity contribution in [3.8, 4) is 22.9 Å². The van der Waals surface area contributed by atoms with Crippen molar-refractivity contribution >= 4 is 27.2 Å². The fourth-order valence-corrected chi connectivity index (χ4v) is 6.87. The number of anilines is 1. The predicted molar refractivity (Wildman–Crippen MR) is 159 cm³/mol. The van der Waals surface area contributed by atoms with E-state index in [9.17, 15) is 10.1 Å². The van der Waals surface area contributed by atoms with Gasteiger partial charge in [-0.05, 0) is 49.4 Å². The molecule has 1 saturated heterocycles. The van der Waals surface area contributed by atoms with Gasteiger partial charge in [-0.25, -0.2) is 4.68 Å². The van der Waals surface area contributed by atoms with Crippen molar-refractivity contribution in [2.45, 2.75) is 64.6 Å². The number of aromatic nitrogens is 3. The molecule has 2 aliphatic rings. The molecular formula is C31H34N6O2S. The summed E-state index contributed by atoms with van der Waals surface area (Å²) in [6, 6.07) is 12.2. The van der Waals surface area contributed by atoms with Crippen LogP contribution in [0.3, 0.4) is 0 Å². The maximum absolute atomic E-state index is 12.9. The van der Waals surface area contributed by atoms with Crippen LogP contribution in [0.15, 0.2) is 47.5 Å². The molecule has 9 heteroatoms. The smallest absolute Gasteiger partial charge is 0.267 e. The van der Waals surface area contributed by atoms with E-state index in [1.165, 1.54) is 4.68 Å². The number of pyridine rings is 1. The monoisotopic (exact) mass is 554 g/mol. The number of ether oxygens (including phenoxy) is 1. The first-order valence-corrected chi connectivity index (χ1v) is 14.5. The van der Waals surface area contributed by atoms with Crippen LogP contribution in [0.2, 0.25) is 0 Å². The van der Waals surface area contributed by atoms with Gasteiger partial charge in [-0.3, -0.25) is 9.78 Å². The highest BCUT2D eigenvalue weighted by atomic mass is 32.1. The summed E-state index contributed by atoms with van der Waals surface area (Å²) in [7, 11) is 0. The Morgan fingerprint density at radius 3 is 2.75 bits per heavy atom. The van der Waals surface area contributed by atoms with Gasteiger partial charge in [0.05, 0.1) is 46.8 Å². The van der Waals surface area contributed by atoms with Crippen LogP contribution in [0, 0.1) is 11.3 Å². The Morgan fingerprint density at radius 2 is 2.05 bits per heavy atom. The van der Waals surface area contributed by atoms with Gasteiger partial charge in [0.1, 0.15) is 12.4 Å². The van der Waals surface area contributed by atoms with Gasteiger partial charge < -0.3 is 15.0 Å². The number of nitriles is 1. The molecule has 0 amide bonds. The van der Waals surface area contributed by atoms with Gasteiger partial charge >= 0.3 is 0 Å². The Kier molecular flexibility index (Phi) is 6.43. The lowest BCUT2D eigenvalue weighted by atomic mass is 9.89. The third kappa shape index (κ3) is 4.87. The average molecular weight is 555 g/mol. The largest absolute Gasteiger partial charge is 0.489 e. The van der Waals surface area contributed by atoms with Crippen LogP contribution < -0.4 is 20.5 Å². The zero-order valence-corrected chi connectivity index (χ0v) is 24.4. The van der Waals surface area contributed by atoms with Gasteiger partial charge in [-0.15, -0.1) is 11.3 Å². The molecule has 1 fully saturated rings. The van der Waals surface area contributed by atoms with E-state index in [0.29, 0.717) is 24.8 Å². The van der Waals surface area contributed by atoms with Crippen molar-refractivity contribution in [2.24, 2.45) is 0 Å². The lowest BCUT2D eigenvalue weighted by Crippen LogP contribution is -2.42.